The molecule has 12 heavy (non-hydrogen) atoms. The summed E-state index contributed by atoms with van der Waals surface area (Å²) in [7, 11) is 0. The van der Waals surface area contributed by atoms with Gasteiger partial charge in [-0.05, 0) is 12.1 Å². The summed E-state index contributed by atoms with van der Waals surface area (Å²) >= 11 is 0. The van der Waals surface area contributed by atoms with Crippen LogP contribution in [0.15, 0.2) is 18.3 Å². The first-order chi connectivity index (χ1) is 5.74. The largest absolute Gasteiger partial charge is 0.405 e. The highest BCUT2D eigenvalue weighted by molar-refractivity contribution is 5.73. The Morgan fingerprint density at radius 2 is 2.50 bits per heavy atom. The molecule has 1 aromatic rings. The highest BCUT2D eigenvalue weighted by Gasteiger charge is 2.04. The van der Waals surface area contributed by atoms with E-state index < -0.39 is 0 Å². The molecule has 0 aliphatic carbocycles. The summed E-state index contributed by atoms with van der Waals surface area (Å²) in [6.45, 7) is 1.71. The Bertz CT molecular complexity index is 286. The molecule has 64 valence electrons. The van der Waals surface area contributed by atoms with Gasteiger partial charge in [0, 0.05) is 12.6 Å². The van der Waals surface area contributed by atoms with E-state index in [2.05, 4.69) is 4.98 Å². The highest BCUT2D eigenvalue weighted by Crippen LogP contribution is 2.15. The zero-order chi connectivity index (χ0) is 8.97. The Labute approximate surface area is 70.4 Å². The fraction of sp³-hybridized carbons (Fsp3) is 0.250. The standard InChI is InChI=1S/C8H10N2O2/c1-2-7(11)12-8-6(9)4-3-5-10-8/h3-5H,2,9H2,1H3. The molecule has 0 spiro atoms. The van der Waals surface area contributed by atoms with Crippen LogP contribution in [0, 0.1) is 0 Å². The summed E-state index contributed by atoms with van der Waals surface area (Å²) in [5.74, 6) is -0.148. The second-order valence-electron chi connectivity index (χ2n) is 2.23. The molecule has 1 aromatic heterocycles. The van der Waals surface area contributed by atoms with E-state index in [0.717, 1.165) is 0 Å². The highest BCUT2D eigenvalue weighted by atomic mass is 16.5. The van der Waals surface area contributed by atoms with E-state index in [1.54, 1.807) is 19.1 Å². The second kappa shape index (κ2) is 3.71. The van der Waals surface area contributed by atoms with Crippen molar-refractivity contribution in [2.24, 2.45) is 0 Å². The average molecular weight is 166 g/mol. The number of nitrogens with zero attached hydrogens (tertiary/aromatic N) is 1. The lowest BCUT2D eigenvalue weighted by atomic mass is 10.4. The summed E-state index contributed by atoms with van der Waals surface area (Å²) < 4.78 is 4.82. The van der Waals surface area contributed by atoms with Crippen molar-refractivity contribution in [3.8, 4) is 5.88 Å². The average Bonchev–Trinajstić information content (AvgIpc) is 2.09. The third-order valence-corrected chi connectivity index (χ3v) is 1.30. The van der Waals surface area contributed by atoms with Crippen LogP contribution in [0.1, 0.15) is 13.3 Å². The molecule has 0 saturated carbocycles. The number of ether oxygens (including phenoxy) is 1. The zero-order valence-corrected chi connectivity index (χ0v) is 6.78. The monoisotopic (exact) mass is 166 g/mol. The van der Waals surface area contributed by atoms with Crippen LogP contribution in [-0.4, -0.2) is 11.0 Å². The van der Waals surface area contributed by atoms with Crippen LogP contribution in [0.2, 0.25) is 0 Å². The zero-order valence-electron chi connectivity index (χ0n) is 6.78. The topological polar surface area (TPSA) is 65.2 Å². The number of hydrogen-bond donors (Lipinski definition) is 1. The lowest BCUT2D eigenvalue weighted by Gasteiger charge is -2.02. The van der Waals surface area contributed by atoms with E-state index in [-0.39, 0.29) is 11.8 Å². The number of hydrogen-bond acceptors (Lipinski definition) is 4. The molecular weight excluding hydrogens is 156 g/mol. The van der Waals surface area contributed by atoms with Crippen LogP contribution in [0.25, 0.3) is 0 Å². The quantitative estimate of drug-likeness (QED) is 0.665. The van der Waals surface area contributed by atoms with E-state index >= 15 is 0 Å². The fourth-order valence-corrected chi connectivity index (χ4v) is 0.669. The van der Waals surface area contributed by atoms with Crippen LogP contribution < -0.4 is 10.5 Å². The second-order valence-corrected chi connectivity index (χ2v) is 2.23. The normalized spacial score (nSPS) is 9.42. The van der Waals surface area contributed by atoms with Gasteiger partial charge in [0.15, 0.2) is 0 Å². The summed E-state index contributed by atoms with van der Waals surface area (Å²) in [4.78, 5) is 14.6. The van der Waals surface area contributed by atoms with Crippen LogP contribution in [0.3, 0.4) is 0 Å². The van der Waals surface area contributed by atoms with Gasteiger partial charge in [-0.1, -0.05) is 6.92 Å². The molecule has 2 N–H and O–H groups in total. The minimum atomic E-state index is -0.333. The SMILES string of the molecule is CCC(=O)Oc1ncccc1N. The van der Waals surface area contributed by atoms with E-state index in [1.165, 1.54) is 6.20 Å². The number of anilines is 1. The van der Waals surface area contributed by atoms with Gasteiger partial charge in [0.05, 0.1) is 5.69 Å². The van der Waals surface area contributed by atoms with E-state index in [1.807, 2.05) is 0 Å². The van der Waals surface area contributed by atoms with Crippen molar-refractivity contribution in [2.45, 2.75) is 13.3 Å². The molecule has 1 rings (SSSR count). The van der Waals surface area contributed by atoms with Gasteiger partial charge in [0.2, 0.25) is 5.88 Å². The number of carbonyl (C=O) groups excluding carboxylic acids is 1. The molecule has 0 atom stereocenters. The summed E-state index contributed by atoms with van der Waals surface area (Å²) in [6, 6.07) is 3.31. The van der Waals surface area contributed by atoms with Gasteiger partial charge < -0.3 is 10.5 Å². The summed E-state index contributed by atoms with van der Waals surface area (Å²) in [5.41, 5.74) is 5.86. The maximum Gasteiger partial charge on any atom is 0.312 e. The molecule has 0 aliphatic heterocycles. The number of pyridine rings is 1. The molecule has 4 nitrogen and oxygen atoms in total. The van der Waals surface area contributed by atoms with Gasteiger partial charge in [-0.2, -0.15) is 0 Å². The van der Waals surface area contributed by atoms with Gasteiger partial charge in [-0.25, -0.2) is 4.98 Å². The fourth-order valence-electron chi connectivity index (χ4n) is 0.669. The van der Waals surface area contributed by atoms with Crippen molar-refractivity contribution in [3.63, 3.8) is 0 Å². The van der Waals surface area contributed by atoms with Gasteiger partial charge >= 0.3 is 5.97 Å². The molecule has 0 aromatic carbocycles. The lowest BCUT2D eigenvalue weighted by Crippen LogP contribution is -2.08. The van der Waals surface area contributed by atoms with Crippen molar-refractivity contribution in [2.75, 3.05) is 5.73 Å². The third kappa shape index (κ3) is 1.95. The number of nitrogens with two attached hydrogens (primary N) is 1. The van der Waals surface area contributed by atoms with Crippen molar-refractivity contribution in [3.05, 3.63) is 18.3 Å². The number of nitrogen functional groups attached to an aromatic ring is 1. The van der Waals surface area contributed by atoms with Gasteiger partial charge in [-0.3, -0.25) is 4.79 Å². The lowest BCUT2D eigenvalue weighted by molar-refractivity contribution is -0.134. The predicted octanol–water partition coefficient (Wildman–Crippen LogP) is 0.979. The van der Waals surface area contributed by atoms with Gasteiger partial charge in [0.25, 0.3) is 0 Å². The first-order valence-corrected chi connectivity index (χ1v) is 3.65. The molecule has 0 radical (unpaired) electrons. The van der Waals surface area contributed by atoms with Crippen LogP contribution >= 0.6 is 0 Å². The maximum atomic E-state index is 10.8. The first kappa shape index (κ1) is 8.52. The molecule has 0 aliphatic rings. The van der Waals surface area contributed by atoms with Crippen molar-refractivity contribution < 1.29 is 9.53 Å². The van der Waals surface area contributed by atoms with Crippen molar-refractivity contribution in [1.82, 2.24) is 4.98 Å². The molecule has 0 unspecified atom stereocenters. The molecule has 0 bridgehead atoms. The van der Waals surface area contributed by atoms with Crippen LogP contribution in [0.4, 0.5) is 5.69 Å². The molecule has 0 fully saturated rings. The predicted molar refractivity (Wildman–Crippen MR) is 44.6 cm³/mol. The minimum absolute atomic E-state index is 0.185. The Hall–Kier alpha value is -1.58. The molecule has 0 amide bonds. The Morgan fingerprint density at radius 1 is 1.75 bits per heavy atom. The molecular formula is C8H10N2O2. The Morgan fingerprint density at radius 3 is 3.08 bits per heavy atom. The van der Waals surface area contributed by atoms with E-state index in [4.69, 9.17) is 10.5 Å². The van der Waals surface area contributed by atoms with E-state index in [9.17, 15) is 4.79 Å². The van der Waals surface area contributed by atoms with Crippen LogP contribution in [0.5, 0.6) is 5.88 Å². The van der Waals surface area contributed by atoms with Crippen molar-refractivity contribution in [1.29, 1.82) is 0 Å². The molecule has 0 saturated heterocycles. The number of carbonyl (C=O) groups is 1. The molecule has 4 heteroatoms. The Kier molecular flexibility index (Phi) is 2.63. The third-order valence-electron chi connectivity index (χ3n) is 1.30. The summed E-state index contributed by atoms with van der Waals surface area (Å²) in [6.07, 6.45) is 1.84. The number of esters is 1. The minimum Gasteiger partial charge on any atom is -0.405 e. The number of aromatic nitrogens is 1. The van der Waals surface area contributed by atoms with E-state index in [0.29, 0.717) is 12.1 Å². The number of rotatable bonds is 2. The first-order valence-electron chi connectivity index (χ1n) is 3.65. The smallest absolute Gasteiger partial charge is 0.312 e. The maximum absolute atomic E-state index is 10.8. The van der Waals surface area contributed by atoms with Crippen LogP contribution in [-0.2, 0) is 4.79 Å². The Balaban J connectivity index is 2.75. The van der Waals surface area contributed by atoms with Gasteiger partial charge in [-0.15, -0.1) is 0 Å². The van der Waals surface area contributed by atoms with Crippen molar-refractivity contribution >= 4 is 11.7 Å². The van der Waals surface area contributed by atoms with Gasteiger partial charge in [0.1, 0.15) is 0 Å². The summed E-state index contributed by atoms with van der Waals surface area (Å²) in [5, 5.41) is 0. The molecule has 1 heterocycles.